The molecule has 4 heteroatoms. The third-order valence-corrected chi connectivity index (χ3v) is 2.19. The van der Waals surface area contributed by atoms with Gasteiger partial charge in [0.1, 0.15) is 0 Å². The zero-order chi connectivity index (χ0) is 11.2. The number of anilines is 1. The van der Waals surface area contributed by atoms with E-state index in [-0.39, 0.29) is 0 Å². The molecule has 2 aromatic heterocycles. The molecule has 0 aliphatic rings. The molecule has 0 unspecified atom stereocenters. The van der Waals surface area contributed by atoms with Crippen LogP contribution in [0.15, 0.2) is 42.9 Å². The van der Waals surface area contributed by atoms with Crippen molar-refractivity contribution in [3.05, 3.63) is 48.4 Å². The second kappa shape index (κ2) is 5.11. The molecule has 0 bridgehead atoms. The fourth-order valence-corrected chi connectivity index (χ4v) is 1.35. The van der Waals surface area contributed by atoms with Gasteiger partial charge >= 0.3 is 0 Å². The fourth-order valence-electron chi connectivity index (χ4n) is 1.35. The van der Waals surface area contributed by atoms with Crippen LogP contribution in [-0.2, 0) is 6.54 Å². The van der Waals surface area contributed by atoms with Gasteiger partial charge in [-0.05, 0) is 23.8 Å². The molecule has 16 heavy (non-hydrogen) atoms. The molecule has 0 spiro atoms. The average molecular weight is 215 g/mol. The third kappa shape index (κ3) is 2.70. The lowest BCUT2D eigenvalue weighted by Gasteiger charge is -2.06. The maximum absolute atomic E-state index is 5.06. The van der Waals surface area contributed by atoms with Crippen molar-refractivity contribution in [2.24, 2.45) is 0 Å². The zero-order valence-electron chi connectivity index (χ0n) is 9.05. The highest BCUT2D eigenvalue weighted by Crippen LogP contribution is 2.11. The first-order valence-electron chi connectivity index (χ1n) is 5.01. The van der Waals surface area contributed by atoms with Gasteiger partial charge in [0, 0.05) is 36.9 Å². The minimum absolute atomic E-state index is 0.633. The van der Waals surface area contributed by atoms with Crippen molar-refractivity contribution in [2.45, 2.75) is 6.54 Å². The molecule has 82 valence electrons. The molecule has 0 saturated carbocycles. The first-order valence-corrected chi connectivity index (χ1v) is 5.01. The minimum Gasteiger partial charge on any atom is -0.481 e. The molecule has 2 aromatic rings. The zero-order valence-corrected chi connectivity index (χ0v) is 9.05. The lowest BCUT2D eigenvalue weighted by molar-refractivity contribution is 0.397. The average Bonchev–Trinajstić information content (AvgIpc) is 2.38. The molecule has 0 atom stereocenters. The number of nitrogens with zero attached hydrogens (tertiary/aromatic N) is 2. The number of nitrogens with one attached hydrogen (secondary N) is 1. The SMILES string of the molecule is COc1cc(CNc2ccncc2)ccn1. The topological polar surface area (TPSA) is 47.0 Å². The Kier molecular flexibility index (Phi) is 3.33. The number of hydrogen-bond acceptors (Lipinski definition) is 4. The number of ether oxygens (including phenoxy) is 1. The molecule has 4 nitrogen and oxygen atoms in total. The Labute approximate surface area is 94.3 Å². The summed E-state index contributed by atoms with van der Waals surface area (Å²) in [4.78, 5) is 8.01. The van der Waals surface area contributed by atoms with Crippen molar-refractivity contribution >= 4 is 5.69 Å². The van der Waals surface area contributed by atoms with Crippen LogP contribution < -0.4 is 10.1 Å². The molecule has 0 aliphatic heterocycles. The van der Waals surface area contributed by atoms with Crippen LogP contribution in [0.4, 0.5) is 5.69 Å². The molecule has 0 radical (unpaired) electrons. The quantitative estimate of drug-likeness (QED) is 0.848. The third-order valence-electron chi connectivity index (χ3n) is 2.19. The summed E-state index contributed by atoms with van der Waals surface area (Å²) < 4.78 is 5.06. The van der Waals surface area contributed by atoms with Gasteiger partial charge in [-0.2, -0.15) is 0 Å². The molecule has 1 N–H and O–H groups in total. The van der Waals surface area contributed by atoms with E-state index in [1.807, 2.05) is 24.3 Å². The van der Waals surface area contributed by atoms with Crippen LogP contribution in [0.1, 0.15) is 5.56 Å². The first-order chi connectivity index (χ1) is 7.88. The van der Waals surface area contributed by atoms with E-state index in [1.165, 1.54) is 0 Å². The van der Waals surface area contributed by atoms with E-state index < -0.39 is 0 Å². The van der Waals surface area contributed by atoms with Crippen LogP contribution >= 0.6 is 0 Å². The molecule has 2 heterocycles. The van der Waals surface area contributed by atoms with E-state index in [1.54, 1.807) is 25.7 Å². The summed E-state index contributed by atoms with van der Waals surface area (Å²) in [7, 11) is 1.61. The summed E-state index contributed by atoms with van der Waals surface area (Å²) in [6, 6.07) is 7.72. The monoisotopic (exact) mass is 215 g/mol. The van der Waals surface area contributed by atoms with E-state index in [0.717, 1.165) is 17.8 Å². The summed E-state index contributed by atoms with van der Waals surface area (Å²) in [6.45, 7) is 0.739. The summed E-state index contributed by atoms with van der Waals surface area (Å²) >= 11 is 0. The number of hydrogen-bond donors (Lipinski definition) is 1. The summed E-state index contributed by atoms with van der Waals surface area (Å²) in [5.41, 5.74) is 2.18. The van der Waals surface area contributed by atoms with E-state index >= 15 is 0 Å². The predicted molar refractivity (Wildman–Crippen MR) is 62.4 cm³/mol. The van der Waals surface area contributed by atoms with Crippen LogP contribution in [0.3, 0.4) is 0 Å². The maximum atomic E-state index is 5.06. The van der Waals surface area contributed by atoms with E-state index in [4.69, 9.17) is 4.74 Å². The van der Waals surface area contributed by atoms with E-state index in [9.17, 15) is 0 Å². The number of aromatic nitrogens is 2. The maximum Gasteiger partial charge on any atom is 0.213 e. The van der Waals surface area contributed by atoms with Crippen molar-refractivity contribution in [2.75, 3.05) is 12.4 Å². The highest BCUT2D eigenvalue weighted by atomic mass is 16.5. The standard InChI is InChI=1S/C12H13N3O/c1-16-12-8-10(2-7-14-12)9-15-11-3-5-13-6-4-11/h2-8H,9H2,1H3,(H,13,15). The van der Waals surface area contributed by atoms with Crippen LogP contribution in [0, 0.1) is 0 Å². The summed E-state index contributed by atoms with van der Waals surface area (Å²) in [5, 5.41) is 3.29. The van der Waals surface area contributed by atoms with Gasteiger partial charge < -0.3 is 10.1 Å². The lowest BCUT2D eigenvalue weighted by atomic mass is 10.2. The lowest BCUT2D eigenvalue weighted by Crippen LogP contribution is -2.00. The van der Waals surface area contributed by atoms with Gasteiger partial charge in [0.15, 0.2) is 0 Å². The molecule has 2 rings (SSSR count). The van der Waals surface area contributed by atoms with Gasteiger partial charge in [-0.15, -0.1) is 0 Å². The van der Waals surface area contributed by atoms with Crippen molar-refractivity contribution in [1.29, 1.82) is 0 Å². The van der Waals surface area contributed by atoms with Gasteiger partial charge in [-0.1, -0.05) is 0 Å². The van der Waals surface area contributed by atoms with Gasteiger partial charge in [-0.25, -0.2) is 4.98 Å². The normalized spacial score (nSPS) is 9.81. The highest BCUT2D eigenvalue weighted by Gasteiger charge is 1.96. The number of methoxy groups -OCH3 is 1. The predicted octanol–water partition coefficient (Wildman–Crippen LogP) is 2.10. The minimum atomic E-state index is 0.633. The van der Waals surface area contributed by atoms with Crippen molar-refractivity contribution < 1.29 is 4.74 Å². The van der Waals surface area contributed by atoms with Crippen LogP contribution in [-0.4, -0.2) is 17.1 Å². The number of rotatable bonds is 4. The van der Waals surface area contributed by atoms with Crippen LogP contribution in [0.2, 0.25) is 0 Å². The Morgan fingerprint density at radius 1 is 1.19 bits per heavy atom. The Morgan fingerprint density at radius 2 is 2.00 bits per heavy atom. The molecule has 0 aromatic carbocycles. The second-order valence-electron chi connectivity index (χ2n) is 3.30. The Balaban J connectivity index is 1.99. The molecule has 0 amide bonds. The van der Waals surface area contributed by atoms with Gasteiger partial charge in [0.25, 0.3) is 0 Å². The molecule has 0 saturated heterocycles. The van der Waals surface area contributed by atoms with Crippen LogP contribution in [0.5, 0.6) is 5.88 Å². The van der Waals surface area contributed by atoms with Crippen molar-refractivity contribution in [3.8, 4) is 5.88 Å². The van der Waals surface area contributed by atoms with Gasteiger partial charge in [0.05, 0.1) is 7.11 Å². The summed E-state index contributed by atoms with van der Waals surface area (Å²) in [6.07, 6.45) is 5.26. The van der Waals surface area contributed by atoms with Gasteiger partial charge in [-0.3, -0.25) is 4.98 Å². The van der Waals surface area contributed by atoms with Gasteiger partial charge in [0.2, 0.25) is 5.88 Å². The van der Waals surface area contributed by atoms with E-state index in [0.29, 0.717) is 5.88 Å². The molecule has 0 aliphatic carbocycles. The molecular weight excluding hydrogens is 202 g/mol. The Bertz CT molecular complexity index is 445. The summed E-state index contributed by atoms with van der Waals surface area (Å²) in [5.74, 6) is 0.633. The number of pyridine rings is 2. The molecule has 0 fully saturated rings. The molecular formula is C12H13N3O. The Hall–Kier alpha value is -2.10. The van der Waals surface area contributed by atoms with E-state index in [2.05, 4.69) is 15.3 Å². The van der Waals surface area contributed by atoms with Crippen molar-refractivity contribution in [3.63, 3.8) is 0 Å². The van der Waals surface area contributed by atoms with Crippen LogP contribution in [0.25, 0.3) is 0 Å². The van der Waals surface area contributed by atoms with Crippen molar-refractivity contribution in [1.82, 2.24) is 9.97 Å². The highest BCUT2D eigenvalue weighted by molar-refractivity contribution is 5.41. The largest absolute Gasteiger partial charge is 0.481 e. The smallest absolute Gasteiger partial charge is 0.213 e. The Morgan fingerprint density at radius 3 is 2.75 bits per heavy atom. The first kappa shape index (κ1) is 10.4. The second-order valence-corrected chi connectivity index (χ2v) is 3.30. The fraction of sp³-hybridized carbons (Fsp3) is 0.167.